The van der Waals surface area contributed by atoms with Crippen molar-refractivity contribution >= 4 is 11.6 Å². The lowest BCUT2D eigenvalue weighted by Crippen LogP contribution is -2.39. The van der Waals surface area contributed by atoms with Gasteiger partial charge in [-0.3, -0.25) is 14.7 Å². The van der Waals surface area contributed by atoms with Gasteiger partial charge in [-0.1, -0.05) is 12.1 Å². The van der Waals surface area contributed by atoms with Crippen molar-refractivity contribution in [1.82, 2.24) is 20.2 Å². The van der Waals surface area contributed by atoms with E-state index in [-0.39, 0.29) is 11.3 Å². The molecule has 2 aromatic heterocycles. The molecule has 4 aliphatic rings. The molecule has 1 saturated carbocycles. The largest absolute Gasteiger partial charge is 0.398 e. The first-order valence-electron chi connectivity index (χ1n) is 12.3. The van der Waals surface area contributed by atoms with Crippen LogP contribution in [0.25, 0.3) is 22.5 Å². The minimum absolute atomic E-state index is 0.0754. The third-order valence-corrected chi connectivity index (χ3v) is 8.14. The minimum atomic E-state index is 0.0754. The predicted molar refractivity (Wildman–Crippen MR) is 131 cm³/mol. The highest BCUT2D eigenvalue weighted by atomic mass is 16.5. The number of nitrogens with zero attached hydrogens (tertiary/aromatic N) is 2. The highest BCUT2D eigenvalue weighted by Gasteiger charge is 2.51. The molecule has 1 spiro atoms. The number of aromatic amines is 1. The van der Waals surface area contributed by atoms with Crippen LogP contribution in [0.3, 0.4) is 0 Å². The van der Waals surface area contributed by atoms with Crippen LogP contribution in [-0.4, -0.2) is 53.6 Å². The quantitative estimate of drug-likeness (QED) is 0.528. The Morgan fingerprint density at radius 3 is 2.79 bits per heavy atom. The van der Waals surface area contributed by atoms with Gasteiger partial charge in [0.25, 0.3) is 5.91 Å². The van der Waals surface area contributed by atoms with E-state index in [2.05, 4.69) is 33.4 Å². The van der Waals surface area contributed by atoms with E-state index in [9.17, 15) is 4.79 Å². The van der Waals surface area contributed by atoms with E-state index in [4.69, 9.17) is 15.5 Å². The van der Waals surface area contributed by atoms with Crippen LogP contribution >= 0.6 is 0 Å². The number of pyridine rings is 1. The number of carbonyl (C=O) groups excluding carboxylic acids is 1. The summed E-state index contributed by atoms with van der Waals surface area (Å²) in [4.78, 5) is 23.7. The molecule has 7 nitrogen and oxygen atoms in total. The van der Waals surface area contributed by atoms with Crippen LogP contribution in [0.15, 0.2) is 30.5 Å². The van der Waals surface area contributed by atoms with Crippen LogP contribution in [0.1, 0.15) is 45.6 Å². The number of benzene rings is 1. The number of anilines is 1. The number of nitrogens with two attached hydrogens (primary N) is 1. The molecule has 1 aromatic carbocycles. The molecule has 3 aromatic rings. The van der Waals surface area contributed by atoms with Crippen molar-refractivity contribution in [3.05, 3.63) is 58.4 Å². The average Bonchev–Trinajstić information content (AvgIpc) is 3.53. The first-order chi connectivity index (χ1) is 16.6. The van der Waals surface area contributed by atoms with Crippen molar-refractivity contribution in [1.29, 1.82) is 0 Å². The summed E-state index contributed by atoms with van der Waals surface area (Å²) in [6.07, 6.45) is 6.06. The molecule has 0 unspecified atom stereocenters. The second kappa shape index (κ2) is 7.42. The van der Waals surface area contributed by atoms with E-state index in [1.54, 1.807) is 0 Å². The van der Waals surface area contributed by atoms with Crippen molar-refractivity contribution < 1.29 is 9.53 Å². The summed E-state index contributed by atoms with van der Waals surface area (Å²) in [5.74, 6) is 0.0754. The molecular formula is C27H29N5O2. The Morgan fingerprint density at radius 1 is 1.15 bits per heavy atom. The van der Waals surface area contributed by atoms with Gasteiger partial charge in [-0.2, -0.15) is 0 Å². The van der Waals surface area contributed by atoms with Crippen molar-refractivity contribution in [3.63, 3.8) is 0 Å². The number of nitrogens with one attached hydrogen (secondary N) is 2. The molecule has 0 atom stereocenters. The summed E-state index contributed by atoms with van der Waals surface area (Å²) in [5.41, 5.74) is 17.2. The molecule has 7 rings (SSSR count). The summed E-state index contributed by atoms with van der Waals surface area (Å²) in [7, 11) is 0. The van der Waals surface area contributed by atoms with Gasteiger partial charge in [0, 0.05) is 60.3 Å². The smallest absolute Gasteiger partial charge is 0.253 e. The summed E-state index contributed by atoms with van der Waals surface area (Å²) in [6, 6.07) is 8.46. The van der Waals surface area contributed by atoms with Crippen LogP contribution in [0.4, 0.5) is 5.69 Å². The normalized spacial score (nSPS) is 20.4. The van der Waals surface area contributed by atoms with Crippen molar-refractivity contribution in [2.75, 3.05) is 38.6 Å². The fraction of sp³-hybridized carbons (Fsp3) is 0.407. The van der Waals surface area contributed by atoms with Gasteiger partial charge in [-0.05, 0) is 54.5 Å². The summed E-state index contributed by atoms with van der Waals surface area (Å²) >= 11 is 0. The molecule has 34 heavy (non-hydrogen) atoms. The lowest BCUT2D eigenvalue weighted by molar-refractivity contribution is 0.0343. The predicted octanol–water partition coefficient (Wildman–Crippen LogP) is 3.03. The Kier molecular flexibility index (Phi) is 4.41. The molecule has 4 N–H and O–H groups in total. The monoisotopic (exact) mass is 455 g/mol. The number of hydrogen-bond acceptors (Lipinski definition) is 5. The number of fused-ring (bicyclic) bond motifs is 6. The Bertz CT molecular complexity index is 1320. The second-order valence-corrected chi connectivity index (χ2v) is 10.2. The Labute approximate surface area is 198 Å². The van der Waals surface area contributed by atoms with Gasteiger partial charge in [0.15, 0.2) is 0 Å². The van der Waals surface area contributed by atoms with Crippen LogP contribution in [-0.2, 0) is 29.5 Å². The fourth-order valence-electron chi connectivity index (χ4n) is 5.90. The molecule has 0 radical (unpaired) electrons. The maximum Gasteiger partial charge on any atom is 0.253 e. The zero-order valence-corrected chi connectivity index (χ0v) is 19.2. The molecule has 2 aliphatic heterocycles. The van der Waals surface area contributed by atoms with Gasteiger partial charge in [0.05, 0.1) is 30.2 Å². The maximum atomic E-state index is 12.8. The number of H-pyrrole nitrogens is 1. The zero-order valence-electron chi connectivity index (χ0n) is 19.2. The van der Waals surface area contributed by atoms with E-state index in [1.165, 1.54) is 16.7 Å². The Hall–Kier alpha value is -3.16. The van der Waals surface area contributed by atoms with Crippen molar-refractivity contribution in [2.24, 2.45) is 0 Å². The number of ether oxygens (including phenoxy) is 1. The van der Waals surface area contributed by atoms with Crippen LogP contribution < -0.4 is 11.1 Å². The summed E-state index contributed by atoms with van der Waals surface area (Å²) in [6.45, 7) is 5.04. The fourth-order valence-corrected chi connectivity index (χ4v) is 5.90. The topological polar surface area (TPSA) is 96.3 Å². The lowest BCUT2D eigenvalue weighted by atomic mass is 9.86. The molecule has 2 fully saturated rings. The van der Waals surface area contributed by atoms with Crippen LogP contribution in [0.2, 0.25) is 0 Å². The lowest BCUT2D eigenvalue weighted by Gasteiger charge is -2.27. The highest BCUT2D eigenvalue weighted by Crippen LogP contribution is 2.52. The average molecular weight is 456 g/mol. The molecule has 0 bridgehead atoms. The highest BCUT2D eigenvalue weighted by molar-refractivity contribution is 6.01. The Morgan fingerprint density at radius 2 is 2.00 bits per heavy atom. The number of aryl methyl sites for hydroxylation is 1. The molecule has 174 valence electrons. The van der Waals surface area contributed by atoms with Gasteiger partial charge in [0.1, 0.15) is 0 Å². The van der Waals surface area contributed by atoms with Gasteiger partial charge in [0.2, 0.25) is 0 Å². The molecular weight excluding hydrogens is 426 g/mol. The van der Waals surface area contributed by atoms with Gasteiger partial charge < -0.3 is 20.8 Å². The number of morpholine rings is 1. The molecule has 2 aliphatic carbocycles. The standard InChI is InChI=1S/C27H29N5O2/c28-21-11-16(1-2-18(21)14-32-7-9-34-10-8-32)22-12-20-17(13-29-22)3-4-19-23-25(31-24(19)20)27(5-6-27)15-30-26(23)33/h1-2,11-13,31H,3-10,14-15,28H2,(H,30,33). The first-order valence-corrected chi connectivity index (χ1v) is 12.3. The zero-order chi connectivity index (χ0) is 22.9. The number of amides is 1. The van der Waals surface area contributed by atoms with E-state index >= 15 is 0 Å². The Balaban J connectivity index is 1.24. The number of nitrogen functional groups attached to an aromatic ring is 1. The van der Waals surface area contributed by atoms with Crippen molar-refractivity contribution in [2.45, 2.75) is 37.6 Å². The number of aromatic nitrogens is 2. The number of rotatable bonds is 3. The second-order valence-electron chi connectivity index (χ2n) is 10.2. The van der Waals surface area contributed by atoms with Crippen molar-refractivity contribution in [3.8, 4) is 22.5 Å². The van der Waals surface area contributed by atoms with Gasteiger partial charge in [-0.15, -0.1) is 0 Å². The third-order valence-electron chi connectivity index (χ3n) is 8.14. The number of carbonyl (C=O) groups is 1. The maximum absolute atomic E-state index is 12.8. The van der Waals surface area contributed by atoms with Crippen LogP contribution in [0.5, 0.6) is 0 Å². The number of hydrogen-bond donors (Lipinski definition) is 3. The van der Waals surface area contributed by atoms with E-state index in [1.807, 2.05) is 12.3 Å². The van der Waals surface area contributed by atoms with E-state index < -0.39 is 0 Å². The summed E-state index contributed by atoms with van der Waals surface area (Å²) in [5, 5.41) is 3.13. The van der Waals surface area contributed by atoms with E-state index in [0.717, 1.165) is 105 Å². The minimum Gasteiger partial charge on any atom is -0.398 e. The molecule has 7 heteroatoms. The SMILES string of the molecule is Nc1cc(-c2cc3c(cn2)CCc2c-3[nH]c3c2C(=O)NCC32CC2)ccc1CN1CCOCC1. The van der Waals surface area contributed by atoms with Gasteiger partial charge in [-0.25, -0.2) is 0 Å². The molecule has 1 amide bonds. The molecule has 4 heterocycles. The summed E-state index contributed by atoms with van der Waals surface area (Å²) < 4.78 is 5.46. The van der Waals surface area contributed by atoms with Gasteiger partial charge >= 0.3 is 0 Å². The third kappa shape index (κ3) is 3.11. The van der Waals surface area contributed by atoms with Crippen LogP contribution in [0, 0.1) is 0 Å². The molecule has 1 saturated heterocycles. The van der Waals surface area contributed by atoms with E-state index in [0.29, 0.717) is 0 Å². The first kappa shape index (κ1) is 20.2.